The van der Waals surface area contributed by atoms with Gasteiger partial charge >= 0.3 is 20.8 Å². The fraction of sp³-hybridized carbons (Fsp3) is 0.143. The van der Waals surface area contributed by atoms with Crippen LogP contribution in [-0.2, 0) is 29.2 Å². The Morgan fingerprint density at radius 1 is 0.435 bits per heavy atom. The van der Waals surface area contributed by atoms with E-state index in [9.17, 15) is 16.8 Å². The van der Waals surface area contributed by atoms with E-state index in [1.807, 2.05) is 24.3 Å². The fourth-order valence-corrected chi connectivity index (χ4v) is 5.65. The first-order valence-electron chi connectivity index (χ1n) is 12.3. The van der Waals surface area contributed by atoms with Crippen molar-refractivity contribution in [3.63, 3.8) is 0 Å². The molecule has 248 valence electrons. The van der Waals surface area contributed by atoms with Gasteiger partial charge in [-0.15, -0.1) is 0 Å². The molecule has 0 amide bonds. The normalized spacial score (nSPS) is 12.2. The first-order chi connectivity index (χ1) is 21.3. The number of hydrogen-bond donors (Lipinski definition) is 0. The van der Waals surface area contributed by atoms with Crippen LogP contribution in [0.3, 0.4) is 0 Å². The van der Waals surface area contributed by atoms with Gasteiger partial charge in [0.1, 0.15) is 24.7 Å². The average Bonchev–Trinajstić information content (AvgIpc) is 2.96. The van der Waals surface area contributed by atoms with E-state index in [0.29, 0.717) is 10.0 Å². The smallest absolute Gasteiger partial charge is 0.362 e. The van der Waals surface area contributed by atoms with E-state index >= 15 is 0 Å². The number of hydrogen-bond acceptors (Lipinski definition) is 8. The van der Waals surface area contributed by atoms with Crippen LogP contribution < -0.4 is 8.37 Å². The minimum Gasteiger partial charge on any atom is -0.362 e. The zero-order valence-corrected chi connectivity index (χ0v) is 30.4. The van der Waals surface area contributed by atoms with E-state index in [1.54, 1.807) is 48.5 Å². The van der Waals surface area contributed by atoms with Crippen LogP contribution in [0.25, 0.3) is 22.3 Å². The molecule has 0 fully saturated rings. The van der Waals surface area contributed by atoms with Gasteiger partial charge in [0.2, 0.25) is 7.59 Å². The maximum absolute atomic E-state index is 11.6. The lowest BCUT2D eigenvalue weighted by Gasteiger charge is -2.11. The molecule has 0 unspecified atom stereocenters. The summed E-state index contributed by atoms with van der Waals surface area (Å²) in [5.74, 6) is 0.152. The Balaban J connectivity index is 0.000000250. The number of alkyl halides is 6. The summed E-state index contributed by atoms with van der Waals surface area (Å²) in [4.78, 5) is 0. The summed E-state index contributed by atoms with van der Waals surface area (Å²) in [6.45, 7) is -1.30. The molecule has 4 rings (SSSR count). The minimum atomic E-state index is -4.32. The minimum absolute atomic E-state index is 0.0760. The Morgan fingerprint density at radius 2 is 0.674 bits per heavy atom. The van der Waals surface area contributed by atoms with Crippen molar-refractivity contribution in [3.05, 3.63) is 107 Å². The van der Waals surface area contributed by atoms with E-state index in [2.05, 4.69) is 8.37 Å². The molecule has 0 saturated heterocycles. The van der Waals surface area contributed by atoms with Gasteiger partial charge in [0.05, 0.1) is 0 Å². The lowest BCUT2D eigenvalue weighted by atomic mass is 10.1. The molecule has 0 atom stereocenters. The predicted octanol–water partition coefficient (Wildman–Crippen LogP) is 10.0. The molecule has 46 heavy (non-hydrogen) atoms. The highest BCUT2D eigenvalue weighted by Crippen LogP contribution is 2.29. The zero-order chi connectivity index (χ0) is 34.2. The van der Waals surface area contributed by atoms with Crippen molar-refractivity contribution in [3.8, 4) is 33.8 Å². The molecule has 18 heteroatoms. The molecule has 0 radical (unpaired) electrons. The predicted molar refractivity (Wildman–Crippen MR) is 185 cm³/mol. The van der Waals surface area contributed by atoms with Gasteiger partial charge in [-0.3, -0.25) is 0 Å². The van der Waals surface area contributed by atoms with Crippen LogP contribution in [0.1, 0.15) is 0 Å². The van der Waals surface area contributed by atoms with Crippen molar-refractivity contribution in [2.45, 2.75) is 7.59 Å². The Hall–Kier alpha value is -1.38. The van der Waals surface area contributed by atoms with Crippen molar-refractivity contribution in [1.82, 2.24) is 0 Å². The standard InChI is InChI=1S/2C14H10Cl4O4S/c2*15-12-5-1-10(2-6-12)11-3-7-13(8-4-11)22-23(19,20)21-9-14(16,17)18/h2*1-8H,9H2. The van der Waals surface area contributed by atoms with Crippen LogP contribution in [0, 0.1) is 0 Å². The molecule has 0 saturated carbocycles. The van der Waals surface area contributed by atoms with E-state index in [4.69, 9.17) is 101 Å². The third-order valence-corrected chi connectivity index (χ3v) is 7.96. The molecule has 8 nitrogen and oxygen atoms in total. The lowest BCUT2D eigenvalue weighted by Crippen LogP contribution is -2.21. The zero-order valence-electron chi connectivity index (χ0n) is 22.8. The molecule has 4 aromatic rings. The topological polar surface area (TPSA) is 105 Å². The third kappa shape index (κ3) is 14.8. The third-order valence-electron chi connectivity index (χ3n) is 5.19. The summed E-state index contributed by atoms with van der Waals surface area (Å²) < 4.78 is 61.2. The van der Waals surface area contributed by atoms with E-state index < -0.39 is 41.6 Å². The second-order valence-corrected chi connectivity index (χ2v) is 17.1. The van der Waals surface area contributed by atoms with Crippen LogP contribution in [0.15, 0.2) is 97.1 Å². The van der Waals surface area contributed by atoms with Gasteiger partial charge in [-0.05, 0) is 70.8 Å². The second kappa shape index (κ2) is 16.8. The van der Waals surface area contributed by atoms with Crippen LogP contribution in [0.4, 0.5) is 0 Å². The second-order valence-electron chi connectivity index (χ2n) is 8.80. The average molecular weight is 832 g/mol. The van der Waals surface area contributed by atoms with Crippen molar-refractivity contribution in [1.29, 1.82) is 0 Å². The molecular formula is C28H20Cl8O8S2. The van der Waals surface area contributed by atoms with Gasteiger partial charge in [-0.25, -0.2) is 8.37 Å². The molecule has 0 heterocycles. The van der Waals surface area contributed by atoms with E-state index in [1.165, 1.54) is 24.3 Å². The van der Waals surface area contributed by atoms with Crippen molar-refractivity contribution < 1.29 is 33.6 Å². The summed E-state index contributed by atoms with van der Waals surface area (Å²) in [6, 6.07) is 27.2. The highest BCUT2D eigenvalue weighted by atomic mass is 35.6. The molecule has 0 bridgehead atoms. The first kappa shape index (κ1) is 39.1. The molecule has 0 spiro atoms. The van der Waals surface area contributed by atoms with E-state index in [0.717, 1.165) is 22.3 Å². The Bertz CT molecular complexity index is 1640. The van der Waals surface area contributed by atoms with Crippen LogP contribution >= 0.6 is 92.8 Å². The van der Waals surface area contributed by atoms with Gasteiger partial charge < -0.3 is 8.37 Å². The molecule has 0 aliphatic carbocycles. The van der Waals surface area contributed by atoms with Gasteiger partial charge in [-0.2, -0.15) is 16.8 Å². The van der Waals surface area contributed by atoms with Gasteiger partial charge in [0, 0.05) is 10.0 Å². The first-order valence-corrected chi connectivity index (χ1v) is 18.0. The molecule has 0 aromatic heterocycles. The summed E-state index contributed by atoms with van der Waals surface area (Å²) in [5.41, 5.74) is 3.59. The maximum Gasteiger partial charge on any atom is 0.449 e. The summed E-state index contributed by atoms with van der Waals surface area (Å²) >= 11 is 44.2. The van der Waals surface area contributed by atoms with Gasteiger partial charge in [0.25, 0.3) is 0 Å². The van der Waals surface area contributed by atoms with Crippen molar-refractivity contribution >= 4 is 114 Å². The van der Waals surface area contributed by atoms with Crippen LogP contribution in [0.2, 0.25) is 10.0 Å². The maximum atomic E-state index is 11.6. The lowest BCUT2D eigenvalue weighted by molar-refractivity contribution is 0.277. The van der Waals surface area contributed by atoms with Crippen molar-refractivity contribution in [2.75, 3.05) is 13.2 Å². The molecule has 0 aliphatic heterocycles. The SMILES string of the molecule is O=S(=O)(OCC(Cl)(Cl)Cl)Oc1ccc(-c2ccc(Cl)cc2)cc1.O=S(=O)(OCC(Cl)(Cl)Cl)Oc1ccc(-c2ccc(Cl)cc2)cc1. The quantitative estimate of drug-likeness (QED) is 0.146. The van der Waals surface area contributed by atoms with Crippen molar-refractivity contribution in [2.24, 2.45) is 0 Å². The Kier molecular flexibility index (Phi) is 14.3. The Morgan fingerprint density at radius 3 is 0.913 bits per heavy atom. The molecule has 4 aromatic carbocycles. The Labute approximate surface area is 306 Å². The van der Waals surface area contributed by atoms with E-state index in [-0.39, 0.29) is 11.5 Å². The van der Waals surface area contributed by atoms with Crippen LogP contribution in [-0.4, -0.2) is 37.6 Å². The molecule has 0 aliphatic rings. The highest BCUT2D eigenvalue weighted by molar-refractivity contribution is 7.82. The largest absolute Gasteiger partial charge is 0.449 e. The summed E-state index contributed by atoms with van der Waals surface area (Å²) in [5, 5.41) is 1.26. The summed E-state index contributed by atoms with van der Waals surface area (Å²) in [7, 11) is -8.64. The van der Waals surface area contributed by atoms with Crippen LogP contribution in [0.5, 0.6) is 11.5 Å². The molecule has 0 N–H and O–H groups in total. The summed E-state index contributed by atoms with van der Waals surface area (Å²) in [6.07, 6.45) is 0. The number of halogens is 8. The molecular weight excluding hydrogens is 812 g/mol. The highest BCUT2D eigenvalue weighted by Gasteiger charge is 2.26. The number of rotatable bonds is 10. The number of benzene rings is 4. The van der Waals surface area contributed by atoms with Gasteiger partial charge in [0.15, 0.2) is 0 Å². The van der Waals surface area contributed by atoms with Gasteiger partial charge in [-0.1, -0.05) is 141 Å². The fourth-order valence-electron chi connectivity index (χ4n) is 3.25. The monoisotopic (exact) mass is 828 g/mol.